The Morgan fingerprint density at radius 3 is 2.71 bits per heavy atom. The van der Waals surface area contributed by atoms with Crippen molar-refractivity contribution in [2.45, 2.75) is 13.8 Å². The molecular formula is C13H17Cl2N3OS2. The van der Waals surface area contributed by atoms with E-state index < -0.39 is 0 Å². The second-order valence-electron chi connectivity index (χ2n) is 4.15. The number of aromatic nitrogens is 1. The van der Waals surface area contributed by atoms with Crippen LogP contribution in [0.2, 0.25) is 4.34 Å². The Kier molecular flexibility index (Phi) is 7.62. The van der Waals surface area contributed by atoms with E-state index in [-0.39, 0.29) is 18.3 Å². The Hall–Kier alpha value is -0.660. The highest BCUT2D eigenvalue weighted by atomic mass is 35.5. The molecule has 2 aromatic rings. The molecule has 0 saturated carbocycles. The lowest BCUT2D eigenvalue weighted by molar-refractivity contribution is 0.0957. The molecule has 8 heteroatoms. The number of carbonyl (C=O) groups excluding carboxylic acids is 1. The number of amides is 1. The van der Waals surface area contributed by atoms with Crippen LogP contribution in [0, 0.1) is 6.92 Å². The molecule has 0 unspecified atom stereocenters. The number of thiazole rings is 1. The van der Waals surface area contributed by atoms with Crippen LogP contribution in [0.15, 0.2) is 12.1 Å². The van der Waals surface area contributed by atoms with Gasteiger partial charge in [-0.1, -0.05) is 18.5 Å². The summed E-state index contributed by atoms with van der Waals surface area (Å²) in [7, 11) is 0. The van der Waals surface area contributed by atoms with Gasteiger partial charge in [0.15, 0.2) is 0 Å². The van der Waals surface area contributed by atoms with Crippen molar-refractivity contribution >= 4 is 52.6 Å². The summed E-state index contributed by atoms with van der Waals surface area (Å²) in [5, 5.41) is 6.90. The molecule has 116 valence electrons. The SMILES string of the molecule is CCNCCNC(=O)c1sc(-c2ccc(Cl)s2)nc1C.Cl. The molecule has 1 amide bonds. The van der Waals surface area contributed by atoms with E-state index >= 15 is 0 Å². The van der Waals surface area contributed by atoms with Gasteiger partial charge < -0.3 is 10.6 Å². The number of nitrogens with one attached hydrogen (secondary N) is 2. The lowest BCUT2D eigenvalue weighted by Gasteiger charge is -2.03. The highest BCUT2D eigenvalue weighted by Crippen LogP contribution is 2.34. The standard InChI is InChI=1S/C13H16ClN3OS2.ClH/c1-3-15-6-7-16-12(18)11-8(2)17-13(20-11)9-4-5-10(14)19-9;/h4-5,15H,3,6-7H2,1-2H3,(H,16,18);1H. The third-order valence-corrected chi connectivity index (χ3v) is 5.18. The molecule has 0 atom stereocenters. The molecule has 0 aliphatic rings. The van der Waals surface area contributed by atoms with Crippen LogP contribution in [0.5, 0.6) is 0 Å². The zero-order valence-corrected chi connectivity index (χ0v) is 14.9. The maximum Gasteiger partial charge on any atom is 0.263 e. The number of carbonyl (C=O) groups is 1. The summed E-state index contributed by atoms with van der Waals surface area (Å²) in [5.41, 5.74) is 0.760. The van der Waals surface area contributed by atoms with Gasteiger partial charge in [0, 0.05) is 13.1 Å². The molecule has 21 heavy (non-hydrogen) atoms. The van der Waals surface area contributed by atoms with Crippen molar-refractivity contribution in [1.29, 1.82) is 0 Å². The highest BCUT2D eigenvalue weighted by Gasteiger charge is 2.16. The van der Waals surface area contributed by atoms with Crippen molar-refractivity contribution < 1.29 is 4.79 Å². The number of halogens is 2. The molecule has 2 aromatic heterocycles. The average Bonchev–Trinajstić information content (AvgIpc) is 3.00. The molecule has 0 saturated heterocycles. The van der Waals surface area contributed by atoms with Crippen molar-refractivity contribution in [1.82, 2.24) is 15.6 Å². The third-order valence-electron chi connectivity index (χ3n) is 2.62. The summed E-state index contributed by atoms with van der Waals surface area (Å²) in [5.74, 6) is -0.0631. The minimum Gasteiger partial charge on any atom is -0.350 e. The summed E-state index contributed by atoms with van der Waals surface area (Å²) in [6.45, 7) is 6.18. The quantitative estimate of drug-likeness (QED) is 0.769. The van der Waals surface area contributed by atoms with Crippen LogP contribution in [-0.4, -0.2) is 30.5 Å². The van der Waals surface area contributed by atoms with E-state index in [0.29, 0.717) is 11.4 Å². The maximum atomic E-state index is 12.1. The topological polar surface area (TPSA) is 54.0 Å². The van der Waals surface area contributed by atoms with Gasteiger partial charge in [0.1, 0.15) is 9.88 Å². The Balaban J connectivity index is 0.00000220. The van der Waals surface area contributed by atoms with Crippen LogP contribution in [0.1, 0.15) is 22.3 Å². The van der Waals surface area contributed by atoms with Gasteiger partial charge in [0.05, 0.1) is 14.9 Å². The molecule has 2 heterocycles. The van der Waals surface area contributed by atoms with Crippen LogP contribution in [0.25, 0.3) is 9.88 Å². The van der Waals surface area contributed by atoms with Crippen LogP contribution in [0.4, 0.5) is 0 Å². The summed E-state index contributed by atoms with van der Waals surface area (Å²) < 4.78 is 0.726. The molecule has 2 rings (SSSR count). The van der Waals surface area contributed by atoms with Crippen molar-refractivity contribution in [2.75, 3.05) is 19.6 Å². The minimum absolute atomic E-state index is 0. The number of likely N-dealkylation sites (N-methyl/N-ethyl adjacent to an activating group) is 1. The summed E-state index contributed by atoms with van der Waals surface area (Å²) in [6, 6.07) is 3.77. The fourth-order valence-electron chi connectivity index (χ4n) is 1.66. The molecule has 0 aliphatic heterocycles. The van der Waals surface area contributed by atoms with E-state index in [9.17, 15) is 4.79 Å². The maximum absolute atomic E-state index is 12.1. The van der Waals surface area contributed by atoms with Crippen LogP contribution in [0.3, 0.4) is 0 Å². The van der Waals surface area contributed by atoms with Crippen LogP contribution < -0.4 is 10.6 Å². The van der Waals surface area contributed by atoms with E-state index in [0.717, 1.165) is 33.0 Å². The van der Waals surface area contributed by atoms with Crippen molar-refractivity contribution in [2.24, 2.45) is 0 Å². The number of aryl methyl sites for hydroxylation is 1. The second-order valence-corrected chi connectivity index (χ2v) is 6.86. The second kappa shape index (κ2) is 8.70. The molecule has 0 aromatic carbocycles. The van der Waals surface area contributed by atoms with Gasteiger partial charge in [0.25, 0.3) is 5.91 Å². The zero-order valence-electron chi connectivity index (χ0n) is 11.7. The minimum atomic E-state index is -0.0631. The van der Waals surface area contributed by atoms with Crippen molar-refractivity contribution in [3.63, 3.8) is 0 Å². The molecule has 0 fully saturated rings. The van der Waals surface area contributed by atoms with Gasteiger partial charge in [-0.15, -0.1) is 35.1 Å². The average molecular weight is 366 g/mol. The van der Waals surface area contributed by atoms with Crippen molar-refractivity contribution in [3.8, 4) is 9.88 Å². The number of thiophene rings is 1. The summed E-state index contributed by atoms with van der Waals surface area (Å²) in [4.78, 5) is 18.2. The Morgan fingerprint density at radius 1 is 1.33 bits per heavy atom. The lowest BCUT2D eigenvalue weighted by atomic mass is 10.3. The number of rotatable bonds is 6. The van der Waals surface area contributed by atoms with Gasteiger partial charge in [-0.3, -0.25) is 4.79 Å². The largest absolute Gasteiger partial charge is 0.350 e. The van der Waals surface area contributed by atoms with Gasteiger partial charge in [-0.2, -0.15) is 0 Å². The Morgan fingerprint density at radius 2 is 2.10 bits per heavy atom. The smallest absolute Gasteiger partial charge is 0.263 e. The zero-order chi connectivity index (χ0) is 14.5. The Bertz CT molecular complexity index is 598. The highest BCUT2D eigenvalue weighted by molar-refractivity contribution is 7.24. The van der Waals surface area contributed by atoms with E-state index in [1.165, 1.54) is 22.7 Å². The molecule has 2 N–H and O–H groups in total. The lowest BCUT2D eigenvalue weighted by Crippen LogP contribution is -2.31. The van der Waals surface area contributed by atoms with E-state index in [2.05, 4.69) is 15.6 Å². The molecule has 0 spiro atoms. The van der Waals surface area contributed by atoms with Gasteiger partial charge in [-0.05, 0) is 25.6 Å². The van der Waals surface area contributed by atoms with E-state index in [1.807, 2.05) is 26.0 Å². The van der Waals surface area contributed by atoms with E-state index in [1.54, 1.807) is 0 Å². The fourth-order valence-corrected chi connectivity index (χ4v) is 3.74. The van der Waals surface area contributed by atoms with Gasteiger partial charge in [-0.25, -0.2) is 4.98 Å². The van der Waals surface area contributed by atoms with Gasteiger partial charge in [0.2, 0.25) is 0 Å². The van der Waals surface area contributed by atoms with E-state index in [4.69, 9.17) is 11.6 Å². The summed E-state index contributed by atoms with van der Waals surface area (Å²) in [6.07, 6.45) is 0. The van der Waals surface area contributed by atoms with Crippen LogP contribution in [-0.2, 0) is 0 Å². The first-order valence-corrected chi connectivity index (χ1v) is 8.35. The predicted molar refractivity (Wildman–Crippen MR) is 93.3 cm³/mol. The third kappa shape index (κ3) is 4.93. The number of hydrogen-bond donors (Lipinski definition) is 2. The first-order valence-electron chi connectivity index (χ1n) is 6.34. The fraction of sp³-hybridized carbons (Fsp3) is 0.385. The molecular weight excluding hydrogens is 349 g/mol. The monoisotopic (exact) mass is 365 g/mol. The normalized spacial score (nSPS) is 10.2. The molecule has 0 aliphatic carbocycles. The number of nitrogens with zero attached hydrogens (tertiary/aromatic N) is 1. The van der Waals surface area contributed by atoms with Gasteiger partial charge >= 0.3 is 0 Å². The molecule has 0 bridgehead atoms. The number of hydrogen-bond acceptors (Lipinski definition) is 5. The first-order chi connectivity index (χ1) is 9.61. The molecule has 4 nitrogen and oxygen atoms in total. The first kappa shape index (κ1) is 18.4. The summed E-state index contributed by atoms with van der Waals surface area (Å²) >= 11 is 8.80. The predicted octanol–water partition coefficient (Wildman–Crippen LogP) is 3.59. The molecule has 0 radical (unpaired) electrons. The Labute approximate surface area is 143 Å². The van der Waals surface area contributed by atoms with Crippen molar-refractivity contribution in [3.05, 3.63) is 27.0 Å². The van der Waals surface area contributed by atoms with Crippen LogP contribution >= 0.6 is 46.7 Å².